The third kappa shape index (κ3) is 3.78. The Balaban J connectivity index is 1.35. The highest BCUT2D eigenvalue weighted by molar-refractivity contribution is 7.71. The first kappa shape index (κ1) is 21.6. The first-order valence-corrected chi connectivity index (χ1v) is 10.7. The predicted molar refractivity (Wildman–Crippen MR) is 120 cm³/mol. The molecule has 0 atom stereocenters. The lowest BCUT2D eigenvalue weighted by Crippen LogP contribution is -2.47. The Kier molecular flexibility index (Phi) is 5.20. The van der Waals surface area contributed by atoms with Gasteiger partial charge in [-0.1, -0.05) is 12.1 Å². The molecule has 1 aliphatic rings. The van der Waals surface area contributed by atoms with E-state index < -0.39 is 11.7 Å². The van der Waals surface area contributed by atoms with E-state index in [1.807, 2.05) is 23.1 Å². The molecule has 4 heterocycles. The molecule has 1 aromatic carbocycles. The predicted octanol–water partition coefficient (Wildman–Crippen LogP) is 2.91. The molecule has 5 rings (SSSR count). The number of anilines is 1. The van der Waals surface area contributed by atoms with Crippen LogP contribution in [0.5, 0.6) is 0 Å². The maximum absolute atomic E-state index is 12.8. The highest BCUT2D eigenvalue weighted by Crippen LogP contribution is 2.29. The number of fused-ring (bicyclic) bond motifs is 3. The zero-order valence-corrected chi connectivity index (χ0v) is 18.5. The number of aromatic nitrogens is 5. The second kappa shape index (κ2) is 7.96. The molecule has 0 amide bonds. The minimum Gasteiger partial charge on any atom is -0.354 e. The van der Waals surface area contributed by atoms with Gasteiger partial charge in [0.05, 0.1) is 23.1 Å². The first-order chi connectivity index (χ1) is 15.7. The van der Waals surface area contributed by atoms with Crippen molar-refractivity contribution in [2.45, 2.75) is 12.8 Å². The summed E-state index contributed by atoms with van der Waals surface area (Å²) in [4.78, 5) is 20.8. The molecule has 33 heavy (non-hydrogen) atoms. The zero-order chi connectivity index (χ0) is 23.3. The van der Waals surface area contributed by atoms with Crippen molar-refractivity contribution in [3.63, 3.8) is 0 Å². The van der Waals surface area contributed by atoms with Gasteiger partial charge < -0.3 is 4.90 Å². The van der Waals surface area contributed by atoms with E-state index in [2.05, 4.69) is 15.0 Å². The number of benzene rings is 1. The van der Waals surface area contributed by atoms with Crippen molar-refractivity contribution in [2.75, 3.05) is 31.1 Å². The molecule has 4 aromatic rings. The number of hydrogen-bond acceptors (Lipinski definition) is 6. The van der Waals surface area contributed by atoms with Crippen LogP contribution in [0.4, 0.5) is 19.0 Å². The summed E-state index contributed by atoms with van der Waals surface area (Å²) in [6.45, 7) is 2.99. The van der Waals surface area contributed by atoms with Gasteiger partial charge in [-0.3, -0.25) is 18.7 Å². The average Bonchev–Trinajstić information content (AvgIpc) is 3.14. The minimum atomic E-state index is -4.40. The van der Waals surface area contributed by atoms with Gasteiger partial charge in [-0.15, -0.1) is 5.10 Å². The van der Waals surface area contributed by atoms with Crippen molar-refractivity contribution in [3.8, 4) is 0 Å². The van der Waals surface area contributed by atoms with Gasteiger partial charge in [0.25, 0.3) is 5.56 Å². The van der Waals surface area contributed by atoms with Gasteiger partial charge >= 0.3 is 6.18 Å². The molecule has 0 spiro atoms. The lowest BCUT2D eigenvalue weighted by Gasteiger charge is -2.35. The van der Waals surface area contributed by atoms with Crippen LogP contribution in [0.1, 0.15) is 5.56 Å². The van der Waals surface area contributed by atoms with Gasteiger partial charge in [0, 0.05) is 39.4 Å². The summed E-state index contributed by atoms with van der Waals surface area (Å²) < 4.78 is 43.8. The largest absolute Gasteiger partial charge is 0.417 e. The van der Waals surface area contributed by atoms with Gasteiger partial charge in [0.1, 0.15) is 5.82 Å². The van der Waals surface area contributed by atoms with Crippen LogP contribution in [0.3, 0.4) is 0 Å². The molecule has 3 aromatic heterocycles. The Labute approximate surface area is 191 Å². The van der Waals surface area contributed by atoms with Crippen molar-refractivity contribution in [1.82, 2.24) is 28.6 Å². The normalized spacial score (nSPS) is 15.6. The molecule has 1 aliphatic heterocycles. The number of rotatable bonds is 3. The van der Waals surface area contributed by atoms with Crippen LogP contribution in [-0.2, 0) is 19.9 Å². The number of aryl methyl sites for hydroxylation is 1. The Morgan fingerprint density at radius 3 is 2.45 bits per heavy atom. The molecule has 0 bridgehead atoms. The molecular formula is C21H20F3N7OS. The number of pyridine rings is 1. The zero-order valence-electron chi connectivity index (χ0n) is 17.7. The minimum absolute atomic E-state index is 0.136. The van der Waals surface area contributed by atoms with Gasteiger partial charge in [0.15, 0.2) is 0 Å². The summed E-state index contributed by atoms with van der Waals surface area (Å²) in [7, 11) is 1.67. The van der Waals surface area contributed by atoms with E-state index in [-0.39, 0.29) is 5.56 Å². The molecule has 172 valence electrons. The number of alkyl halides is 3. The standard InChI is InChI=1S/C21H20F3N7OS/c1-27-18(32)15-4-2-3-5-16(15)31-19(27)26-30(20(31)33)13-28-8-10-29(11-9-28)17-7-6-14(12-25-17)21(22,23)24/h2-7,12H,8-11,13H2,1H3. The molecule has 0 saturated carbocycles. The summed E-state index contributed by atoms with van der Waals surface area (Å²) in [5, 5.41) is 5.16. The van der Waals surface area contributed by atoms with E-state index in [0.29, 0.717) is 60.1 Å². The van der Waals surface area contributed by atoms with Crippen LogP contribution in [0, 0.1) is 4.77 Å². The third-order valence-corrected chi connectivity index (χ3v) is 6.30. The molecular weight excluding hydrogens is 455 g/mol. The van der Waals surface area contributed by atoms with Crippen LogP contribution in [0.25, 0.3) is 16.7 Å². The summed E-state index contributed by atoms with van der Waals surface area (Å²) in [5.41, 5.74) is -0.180. The van der Waals surface area contributed by atoms with E-state index in [1.54, 1.807) is 22.2 Å². The van der Waals surface area contributed by atoms with Crippen molar-refractivity contribution in [2.24, 2.45) is 7.05 Å². The summed E-state index contributed by atoms with van der Waals surface area (Å²) in [6.07, 6.45) is -3.53. The van der Waals surface area contributed by atoms with Gasteiger partial charge in [-0.05, 0) is 36.5 Å². The van der Waals surface area contributed by atoms with Gasteiger partial charge in [0.2, 0.25) is 10.5 Å². The van der Waals surface area contributed by atoms with Crippen molar-refractivity contribution in [3.05, 3.63) is 63.3 Å². The lowest BCUT2D eigenvalue weighted by atomic mass is 10.2. The summed E-state index contributed by atoms with van der Waals surface area (Å²) in [5.74, 6) is 0.991. The Morgan fingerprint density at radius 2 is 1.79 bits per heavy atom. The number of piperazine rings is 1. The highest BCUT2D eigenvalue weighted by atomic mass is 32.1. The molecule has 0 radical (unpaired) electrons. The smallest absolute Gasteiger partial charge is 0.354 e. The fourth-order valence-electron chi connectivity index (χ4n) is 4.09. The number of para-hydroxylation sites is 1. The maximum Gasteiger partial charge on any atom is 0.417 e. The topological polar surface area (TPSA) is 63.6 Å². The first-order valence-electron chi connectivity index (χ1n) is 10.3. The van der Waals surface area contributed by atoms with E-state index in [1.165, 1.54) is 10.6 Å². The summed E-state index contributed by atoms with van der Waals surface area (Å²) in [6, 6.07) is 9.75. The van der Waals surface area contributed by atoms with E-state index >= 15 is 0 Å². The molecule has 8 nitrogen and oxygen atoms in total. The maximum atomic E-state index is 12.8. The molecule has 12 heteroatoms. The quantitative estimate of drug-likeness (QED) is 0.425. The fraction of sp³-hybridized carbons (Fsp3) is 0.333. The number of nitrogens with zero attached hydrogens (tertiary/aromatic N) is 7. The fourth-order valence-corrected chi connectivity index (χ4v) is 4.36. The van der Waals surface area contributed by atoms with Crippen LogP contribution in [0.2, 0.25) is 0 Å². The number of hydrogen-bond donors (Lipinski definition) is 0. The molecule has 0 N–H and O–H groups in total. The highest BCUT2D eigenvalue weighted by Gasteiger charge is 2.31. The van der Waals surface area contributed by atoms with Crippen molar-refractivity contribution < 1.29 is 13.2 Å². The monoisotopic (exact) mass is 475 g/mol. The van der Waals surface area contributed by atoms with Crippen LogP contribution in [-0.4, -0.2) is 54.8 Å². The molecule has 0 aliphatic carbocycles. The average molecular weight is 476 g/mol. The van der Waals surface area contributed by atoms with Crippen molar-refractivity contribution in [1.29, 1.82) is 0 Å². The number of halogens is 3. The van der Waals surface area contributed by atoms with E-state index in [0.717, 1.165) is 12.3 Å². The third-order valence-electron chi connectivity index (χ3n) is 5.91. The van der Waals surface area contributed by atoms with Crippen LogP contribution in [0.15, 0.2) is 47.4 Å². The second-order valence-corrected chi connectivity index (χ2v) is 8.31. The van der Waals surface area contributed by atoms with E-state index in [4.69, 9.17) is 12.2 Å². The Hall–Kier alpha value is -3.25. The summed E-state index contributed by atoms with van der Waals surface area (Å²) >= 11 is 5.68. The van der Waals surface area contributed by atoms with Gasteiger partial charge in [-0.2, -0.15) is 13.2 Å². The van der Waals surface area contributed by atoms with Crippen LogP contribution >= 0.6 is 12.2 Å². The van der Waals surface area contributed by atoms with E-state index in [9.17, 15) is 18.0 Å². The van der Waals surface area contributed by atoms with Crippen LogP contribution < -0.4 is 10.5 Å². The lowest BCUT2D eigenvalue weighted by molar-refractivity contribution is -0.137. The Bertz CT molecular complexity index is 1450. The molecule has 1 saturated heterocycles. The van der Waals surface area contributed by atoms with Gasteiger partial charge in [-0.25, -0.2) is 9.67 Å². The Morgan fingerprint density at radius 1 is 1.06 bits per heavy atom. The van der Waals surface area contributed by atoms with Crippen molar-refractivity contribution >= 4 is 34.7 Å². The SMILES string of the molecule is Cn1c(=O)c2ccccc2n2c(=S)n(CN3CCN(c4ccc(C(F)(F)F)cn4)CC3)nc12. The molecule has 0 unspecified atom stereocenters. The second-order valence-electron chi connectivity index (χ2n) is 7.95. The molecule has 1 fully saturated rings.